The predicted octanol–water partition coefficient (Wildman–Crippen LogP) is 16.5. The van der Waals surface area contributed by atoms with Gasteiger partial charge in [-0.3, -0.25) is 0 Å². The zero-order chi connectivity index (χ0) is 47.9. The topological polar surface area (TPSA) is 6.48 Å². The Bertz CT molecular complexity index is 3520. The summed E-state index contributed by atoms with van der Waals surface area (Å²) in [6, 6.07) is 65.4. The van der Waals surface area contributed by atoms with Gasteiger partial charge in [0, 0.05) is 48.7 Å². The molecule has 3 heterocycles. The van der Waals surface area contributed by atoms with E-state index in [1.807, 2.05) is 11.3 Å². The minimum atomic E-state index is -0.105. The second-order valence-electron chi connectivity index (χ2n) is 23.4. The fraction of sp³-hybridized carbons (Fsp3) is 0.231. The van der Waals surface area contributed by atoms with Crippen molar-refractivity contribution in [2.75, 3.05) is 9.80 Å². The highest BCUT2D eigenvalue weighted by molar-refractivity contribution is 7.33. The molecule has 69 heavy (non-hydrogen) atoms. The number of thiophene rings is 1. The van der Waals surface area contributed by atoms with Crippen LogP contribution in [0.15, 0.2) is 170 Å². The van der Waals surface area contributed by atoms with E-state index in [2.05, 4.69) is 256 Å². The minimum absolute atomic E-state index is 0.00320. The molecule has 0 N–H and O–H groups in total. The predicted molar refractivity (Wildman–Crippen MR) is 300 cm³/mol. The van der Waals surface area contributed by atoms with Crippen molar-refractivity contribution in [2.24, 2.45) is 0 Å². The molecule has 0 radical (unpaired) electrons. The Kier molecular flexibility index (Phi) is 9.61. The van der Waals surface area contributed by atoms with Gasteiger partial charge >= 0.3 is 0 Å². The molecule has 2 nitrogen and oxygen atoms in total. The molecule has 3 aliphatic rings. The number of anilines is 6. The first-order valence-corrected chi connectivity index (χ1v) is 25.7. The molecule has 0 atom stereocenters. The van der Waals surface area contributed by atoms with Gasteiger partial charge in [-0.25, -0.2) is 0 Å². The van der Waals surface area contributed by atoms with E-state index < -0.39 is 0 Å². The van der Waals surface area contributed by atoms with Crippen LogP contribution in [0.4, 0.5) is 34.1 Å². The lowest BCUT2D eigenvalue weighted by molar-refractivity contribution is 0.590. The summed E-state index contributed by atoms with van der Waals surface area (Å²) in [7, 11) is 0. The molecule has 0 bridgehead atoms. The molecule has 4 heteroatoms. The first kappa shape index (κ1) is 43.7. The Morgan fingerprint density at radius 2 is 0.957 bits per heavy atom. The lowest BCUT2D eigenvalue weighted by atomic mass is 9.36. The molecule has 0 saturated carbocycles. The first-order chi connectivity index (χ1) is 32.9. The van der Waals surface area contributed by atoms with Gasteiger partial charge in [0.2, 0.25) is 0 Å². The second kappa shape index (κ2) is 15.2. The van der Waals surface area contributed by atoms with Gasteiger partial charge < -0.3 is 9.80 Å². The van der Waals surface area contributed by atoms with Gasteiger partial charge in [0.15, 0.2) is 0 Å². The highest BCUT2D eigenvalue weighted by Gasteiger charge is 2.47. The van der Waals surface area contributed by atoms with Gasteiger partial charge in [0.1, 0.15) is 0 Å². The van der Waals surface area contributed by atoms with Crippen molar-refractivity contribution in [1.29, 1.82) is 0 Å². The number of hydrogen-bond acceptors (Lipinski definition) is 3. The number of rotatable bonds is 4. The van der Waals surface area contributed by atoms with Gasteiger partial charge in [-0.1, -0.05) is 191 Å². The summed E-state index contributed by atoms with van der Waals surface area (Å²) in [6.45, 7) is 25.7. The third-order valence-corrected chi connectivity index (χ3v) is 16.7. The molecule has 0 amide bonds. The smallest absolute Gasteiger partial charge is 0.264 e. The summed E-state index contributed by atoms with van der Waals surface area (Å²) in [5.74, 6) is 0. The third-order valence-electron chi connectivity index (χ3n) is 15.5. The molecule has 12 rings (SSSR count). The van der Waals surface area contributed by atoms with Crippen LogP contribution in [-0.2, 0) is 21.7 Å². The standard InChI is InChI=1S/C65H61BN2S/c1-62(2,3)42-25-30-45(31-26-42)67-55-34-29-44(64(7,8)9)37-54(55)66-59-56(67)35-41(48-22-16-15-21-47(48)40-19-13-12-14-20-40)36-57(59)68(46-32-27-43(28-33-46)63(4,5)6)60-51-38-50-49-23-17-18-24-52(49)65(10,11)53(50)39-58(51)69-61(60)66/h12-39H,1-11H3. The van der Waals surface area contributed by atoms with Crippen molar-refractivity contribution in [3.63, 3.8) is 0 Å². The Labute approximate surface area is 414 Å². The second-order valence-corrected chi connectivity index (χ2v) is 24.5. The maximum Gasteiger partial charge on any atom is 0.264 e. The fourth-order valence-electron chi connectivity index (χ4n) is 11.7. The molecule has 1 aromatic heterocycles. The summed E-state index contributed by atoms with van der Waals surface area (Å²) in [6.07, 6.45) is 0. The molecule has 1 aliphatic carbocycles. The Morgan fingerprint density at radius 3 is 1.57 bits per heavy atom. The van der Waals surface area contributed by atoms with Crippen molar-refractivity contribution in [3.05, 3.63) is 198 Å². The van der Waals surface area contributed by atoms with Crippen molar-refractivity contribution < 1.29 is 0 Å². The van der Waals surface area contributed by atoms with Gasteiger partial charge in [-0.2, -0.15) is 0 Å². The lowest BCUT2D eigenvalue weighted by Crippen LogP contribution is -2.60. The van der Waals surface area contributed by atoms with E-state index in [0.29, 0.717) is 0 Å². The Hall–Kier alpha value is -6.62. The van der Waals surface area contributed by atoms with Crippen molar-refractivity contribution in [1.82, 2.24) is 0 Å². The van der Waals surface area contributed by atoms with E-state index in [0.717, 1.165) is 0 Å². The van der Waals surface area contributed by atoms with E-state index in [9.17, 15) is 0 Å². The maximum atomic E-state index is 2.66. The van der Waals surface area contributed by atoms with Crippen LogP contribution in [0.2, 0.25) is 0 Å². The quantitative estimate of drug-likeness (QED) is 0.162. The number of benzene rings is 8. The monoisotopic (exact) mass is 912 g/mol. The van der Waals surface area contributed by atoms with Gasteiger partial charge in [-0.15, -0.1) is 11.3 Å². The van der Waals surface area contributed by atoms with Crippen LogP contribution in [0.1, 0.15) is 104 Å². The van der Waals surface area contributed by atoms with E-state index in [1.165, 1.54) is 121 Å². The number of nitrogens with zero attached hydrogens (tertiary/aromatic N) is 2. The number of fused-ring (bicyclic) bond motifs is 9. The number of hydrogen-bond donors (Lipinski definition) is 0. The van der Waals surface area contributed by atoms with Crippen LogP contribution in [0.3, 0.4) is 0 Å². The van der Waals surface area contributed by atoms with Gasteiger partial charge in [0.25, 0.3) is 6.71 Å². The molecule has 2 aliphatic heterocycles. The largest absolute Gasteiger partial charge is 0.311 e. The van der Waals surface area contributed by atoms with Gasteiger partial charge in [0.05, 0.1) is 5.69 Å². The fourth-order valence-corrected chi connectivity index (χ4v) is 13.0. The summed E-state index contributed by atoms with van der Waals surface area (Å²) in [5.41, 5.74) is 24.4. The van der Waals surface area contributed by atoms with Crippen molar-refractivity contribution >= 4 is 78.0 Å². The van der Waals surface area contributed by atoms with Crippen LogP contribution in [0.5, 0.6) is 0 Å². The molecule has 0 saturated heterocycles. The zero-order valence-electron chi connectivity index (χ0n) is 42.0. The molecule has 8 aromatic carbocycles. The summed E-state index contributed by atoms with van der Waals surface area (Å²) in [4.78, 5) is 5.24. The molecule has 0 fully saturated rings. The van der Waals surface area contributed by atoms with Crippen LogP contribution in [0.25, 0.3) is 43.5 Å². The molecule has 9 aromatic rings. The average molecular weight is 913 g/mol. The molecular weight excluding hydrogens is 852 g/mol. The molecule has 0 unspecified atom stereocenters. The van der Waals surface area contributed by atoms with Crippen molar-refractivity contribution in [3.8, 4) is 33.4 Å². The van der Waals surface area contributed by atoms with E-state index in [4.69, 9.17) is 0 Å². The Balaban J connectivity index is 1.22. The highest BCUT2D eigenvalue weighted by atomic mass is 32.1. The average Bonchev–Trinajstić information content (AvgIpc) is 3.81. The van der Waals surface area contributed by atoms with Gasteiger partial charge in [-0.05, 0) is 143 Å². The lowest BCUT2D eigenvalue weighted by Gasteiger charge is -2.44. The van der Waals surface area contributed by atoms with E-state index in [-0.39, 0.29) is 28.4 Å². The third kappa shape index (κ3) is 6.80. The molecule has 340 valence electrons. The van der Waals surface area contributed by atoms with Crippen molar-refractivity contribution in [2.45, 2.75) is 97.8 Å². The summed E-state index contributed by atoms with van der Waals surface area (Å²) < 4.78 is 2.74. The molecule has 0 spiro atoms. The van der Waals surface area contributed by atoms with Crippen LogP contribution in [-0.4, -0.2) is 6.71 Å². The van der Waals surface area contributed by atoms with E-state index >= 15 is 0 Å². The van der Waals surface area contributed by atoms with Crippen LogP contribution < -0.4 is 25.5 Å². The summed E-state index contributed by atoms with van der Waals surface area (Å²) >= 11 is 2.01. The highest BCUT2D eigenvalue weighted by Crippen LogP contribution is 2.55. The Morgan fingerprint density at radius 1 is 0.435 bits per heavy atom. The van der Waals surface area contributed by atoms with Crippen LogP contribution in [0, 0.1) is 0 Å². The summed E-state index contributed by atoms with van der Waals surface area (Å²) in [5, 5.41) is 1.32. The SMILES string of the molecule is CC(C)(C)c1ccc(N2c3ccc(C(C)(C)C)cc3B3c4sc5cc6c(cc5c4N(c4ccc(C(C)(C)C)cc4)c4cc(-c5ccccc5-c5ccccc5)cc2c43)-c2ccccc2C6(C)C)cc1. The normalized spacial score (nSPS) is 14.6. The minimum Gasteiger partial charge on any atom is -0.311 e. The first-order valence-electron chi connectivity index (χ1n) is 24.9. The zero-order valence-corrected chi connectivity index (χ0v) is 42.9. The maximum absolute atomic E-state index is 2.66. The van der Waals surface area contributed by atoms with E-state index in [1.54, 1.807) is 0 Å². The molecular formula is C65H61BN2S. The van der Waals surface area contributed by atoms with Crippen LogP contribution >= 0.6 is 11.3 Å².